The highest BCUT2D eigenvalue weighted by Gasteiger charge is 2.38. The van der Waals surface area contributed by atoms with E-state index >= 15 is 0 Å². The summed E-state index contributed by atoms with van der Waals surface area (Å²) in [6.45, 7) is 18.4. The Morgan fingerprint density at radius 3 is 1.84 bits per heavy atom. The van der Waals surface area contributed by atoms with Gasteiger partial charge in [-0.2, -0.15) is 0 Å². The number of carboxylic acid groups (broad SMARTS) is 1. The Balaban J connectivity index is 2.42. The number of carbonyl (C=O) groups excluding carboxylic acids is 1. The number of amides is 1. The minimum Gasteiger partial charge on any atom is -0.480 e. The van der Waals surface area contributed by atoms with E-state index in [1.807, 2.05) is 19.1 Å². The van der Waals surface area contributed by atoms with Crippen LogP contribution < -0.4 is 0 Å². The number of hydrogen-bond acceptors (Lipinski definition) is 3. The van der Waals surface area contributed by atoms with Gasteiger partial charge < -0.3 is 15.1 Å². The SMILES string of the molecule is CCC(CC)(c1ccc(CCC(O)(CC)C(C)(C)C)c(C)c1)c1ccc(C(=O)N(C)C(C)C(=O)O)c(C)c1. The fourth-order valence-electron chi connectivity index (χ4n) is 5.66. The first kappa shape index (κ1) is 31.6. The first-order valence-corrected chi connectivity index (χ1v) is 14.0. The lowest BCUT2D eigenvalue weighted by atomic mass is 9.69. The summed E-state index contributed by atoms with van der Waals surface area (Å²) in [6, 6.07) is 11.8. The number of hydrogen-bond donors (Lipinski definition) is 2. The van der Waals surface area contributed by atoms with Gasteiger partial charge in [0.1, 0.15) is 6.04 Å². The summed E-state index contributed by atoms with van der Waals surface area (Å²) in [5, 5.41) is 20.6. The van der Waals surface area contributed by atoms with Crippen LogP contribution in [0.1, 0.15) is 112 Å². The van der Waals surface area contributed by atoms with E-state index in [2.05, 4.69) is 72.7 Å². The molecule has 0 aliphatic carbocycles. The third kappa shape index (κ3) is 6.14. The van der Waals surface area contributed by atoms with Crippen LogP contribution in [-0.4, -0.2) is 45.7 Å². The summed E-state index contributed by atoms with van der Waals surface area (Å²) < 4.78 is 0. The summed E-state index contributed by atoms with van der Waals surface area (Å²) >= 11 is 0. The minimum atomic E-state index is -1.03. The highest BCUT2D eigenvalue weighted by Crippen LogP contribution is 2.41. The van der Waals surface area contributed by atoms with Gasteiger partial charge in [0.15, 0.2) is 0 Å². The number of aliphatic carboxylic acids is 1. The Kier molecular flexibility index (Phi) is 9.99. The molecule has 2 unspecified atom stereocenters. The van der Waals surface area contributed by atoms with Crippen LogP contribution in [0, 0.1) is 19.3 Å². The summed E-state index contributed by atoms with van der Waals surface area (Å²) in [5.41, 5.74) is 5.18. The molecule has 0 aromatic heterocycles. The summed E-state index contributed by atoms with van der Waals surface area (Å²) in [6.07, 6.45) is 4.10. The topological polar surface area (TPSA) is 77.8 Å². The Hall–Kier alpha value is -2.66. The van der Waals surface area contributed by atoms with Crippen LogP contribution in [0.2, 0.25) is 0 Å². The number of rotatable bonds is 11. The molecule has 0 fully saturated rings. The third-order valence-electron chi connectivity index (χ3n) is 9.16. The maximum absolute atomic E-state index is 13.0. The Morgan fingerprint density at radius 1 is 0.895 bits per heavy atom. The average Bonchev–Trinajstić information content (AvgIpc) is 2.87. The van der Waals surface area contributed by atoms with Crippen LogP contribution in [0.4, 0.5) is 0 Å². The van der Waals surface area contributed by atoms with Crippen LogP contribution in [0.3, 0.4) is 0 Å². The van der Waals surface area contributed by atoms with E-state index < -0.39 is 17.6 Å². The van der Waals surface area contributed by atoms with E-state index in [0.29, 0.717) is 5.56 Å². The molecule has 1 amide bonds. The zero-order valence-corrected chi connectivity index (χ0v) is 25.2. The normalized spacial score (nSPS) is 14.6. The fraction of sp³-hybridized carbons (Fsp3) is 0.576. The smallest absolute Gasteiger partial charge is 0.326 e. The van der Waals surface area contributed by atoms with Gasteiger partial charge in [-0.1, -0.05) is 71.9 Å². The first-order chi connectivity index (χ1) is 17.6. The van der Waals surface area contributed by atoms with Gasteiger partial charge in [0.05, 0.1) is 5.60 Å². The summed E-state index contributed by atoms with van der Waals surface area (Å²) in [7, 11) is 1.53. The highest BCUT2D eigenvalue weighted by molar-refractivity contribution is 5.97. The summed E-state index contributed by atoms with van der Waals surface area (Å²) in [4.78, 5) is 25.7. The van der Waals surface area contributed by atoms with Gasteiger partial charge in [-0.05, 0) is 92.2 Å². The molecular weight excluding hydrogens is 474 g/mol. The molecule has 0 saturated carbocycles. The molecule has 0 radical (unpaired) electrons. The number of aryl methyl sites for hydroxylation is 3. The maximum Gasteiger partial charge on any atom is 0.326 e. The lowest BCUT2D eigenvalue weighted by Crippen LogP contribution is -2.42. The van der Waals surface area contributed by atoms with E-state index in [1.54, 1.807) is 0 Å². The van der Waals surface area contributed by atoms with Crippen molar-refractivity contribution >= 4 is 11.9 Å². The Morgan fingerprint density at radius 2 is 1.42 bits per heavy atom. The molecule has 0 heterocycles. The molecule has 2 atom stereocenters. The van der Waals surface area contributed by atoms with Crippen molar-refractivity contribution < 1.29 is 19.8 Å². The number of aliphatic hydroxyl groups is 1. The number of likely N-dealkylation sites (N-methyl/N-ethyl adjacent to an activating group) is 1. The molecule has 2 aromatic carbocycles. The molecule has 0 saturated heterocycles. The molecule has 38 heavy (non-hydrogen) atoms. The largest absolute Gasteiger partial charge is 0.480 e. The zero-order valence-electron chi connectivity index (χ0n) is 25.2. The van der Waals surface area contributed by atoms with E-state index in [0.717, 1.165) is 43.2 Å². The quantitative estimate of drug-likeness (QED) is 0.330. The van der Waals surface area contributed by atoms with Crippen molar-refractivity contribution in [2.45, 2.75) is 111 Å². The molecule has 0 aliphatic rings. The van der Waals surface area contributed by atoms with E-state index in [1.165, 1.54) is 35.6 Å². The molecule has 0 bridgehead atoms. The van der Waals surface area contributed by atoms with Crippen LogP contribution in [0.5, 0.6) is 0 Å². The zero-order chi connectivity index (χ0) is 29.1. The van der Waals surface area contributed by atoms with Gasteiger partial charge >= 0.3 is 5.97 Å². The van der Waals surface area contributed by atoms with Crippen molar-refractivity contribution in [3.8, 4) is 0 Å². The molecule has 5 nitrogen and oxygen atoms in total. The molecule has 210 valence electrons. The molecule has 2 rings (SSSR count). The van der Waals surface area contributed by atoms with Crippen LogP contribution >= 0.6 is 0 Å². The van der Waals surface area contributed by atoms with Crippen molar-refractivity contribution in [2.24, 2.45) is 5.41 Å². The molecule has 2 N–H and O–H groups in total. The van der Waals surface area contributed by atoms with Crippen molar-refractivity contribution in [1.29, 1.82) is 0 Å². The van der Waals surface area contributed by atoms with Gasteiger partial charge in [0.2, 0.25) is 0 Å². The minimum absolute atomic E-state index is 0.180. The predicted octanol–water partition coefficient (Wildman–Crippen LogP) is 7.07. The van der Waals surface area contributed by atoms with Crippen LogP contribution in [0.15, 0.2) is 36.4 Å². The molecular formula is C33H49NO4. The Bertz CT molecular complexity index is 1140. The summed E-state index contributed by atoms with van der Waals surface area (Å²) in [5.74, 6) is -1.31. The number of nitrogens with zero attached hydrogens (tertiary/aromatic N) is 1. The number of carbonyl (C=O) groups is 2. The van der Waals surface area contributed by atoms with Crippen molar-refractivity contribution in [2.75, 3.05) is 7.05 Å². The molecule has 0 aliphatic heterocycles. The van der Waals surface area contributed by atoms with Gasteiger partial charge in [-0.25, -0.2) is 4.79 Å². The second-order valence-corrected chi connectivity index (χ2v) is 12.0. The second kappa shape index (κ2) is 12.0. The lowest BCUT2D eigenvalue weighted by molar-refractivity contribution is -0.141. The third-order valence-corrected chi connectivity index (χ3v) is 9.16. The predicted molar refractivity (Wildman–Crippen MR) is 156 cm³/mol. The Labute approximate surface area is 230 Å². The standard InChI is InChI=1S/C33H49NO4/c1-11-32(12-2,27-16-17-28(23(5)21-27)29(35)34(10)24(6)30(36)37)26-15-14-25(22(4)20-26)18-19-33(38,13-3)31(7,8)9/h14-17,20-21,24,38H,11-13,18-19H2,1-10H3,(H,36,37). The van der Waals surface area contributed by atoms with Crippen molar-refractivity contribution in [3.05, 3.63) is 69.8 Å². The number of carboxylic acids is 1. The van der Waals surface area contributed by atoms with Crippen molar-refractivity contribution in [1.82, 2.24) is 4.90 Å². The maximum atomic E-state index is 13.0. The van der Waals surface area contributed by atoms with Gasteiger partial charge in [-0.3, -0.25) is 4.79 Å². The molecule has 0 spiro atoms. The lowest BCUT2D eigenvalue weighted by Gasteiger charge is -2.40. The fourth-order valence-corrected chi connectivity index (χ4v) is 5.66. The van der Waals surface area contributed by atoms with E-state index in [9.17, 15) is 19.8 Å². The first-order valence-electron chi connectivity index (χ1n) is 14.0. The van der Waals surface area contributed by atoms with Gasteiger partial charge in [0.25, 0.3) is 5.91 Å². The van der Waals surface area contributed by atoms with Crippen molar-refractivity contribution in [3.63, 3.8) is 0 Å². The van der Waals surface area contributed by atoms with Gasteiger partial charge in [-0.15, -0.1) is 0 Å². The van der Waals surface area contributed by atoms with Crippen LogP contribution in [-0.2, 0) is 16.6 Å². The van der Waals surface area contributed by atoms with E-state index in [-0.39, 0.29) is 16.7 Å². The molecule has 2 aromatic rings. The molecule has 5 heteroatoms. The monoisotopic (exact) mass is 523 g/mol. The second-order valence-electron chi connectivity index (χ2n) is 12.0. The van der Waals surface area contributed by atoms with Gasteiger partial charge in [0, 0.05) is 18.0 Å². The average molecular weight is 524 g/mol. The van der Waals surface area contributed by atoms with Crippen LogP contribution in [0.25, 0.3) is 0 Å². The highest BCUT2D eigenvalue weighted by atomic mass is 16.4. The number of benzene rings is 2. The van der Waals surface area contributed by atoms with E-state index in [4.69, 9.17) is 0 Å².